The van der Waals surface area contributed by atoms with Gasteiger partial charge in [0.15, 0.2) is 11.5 Å². The first-order valence-corrected chi connectivity index (χ1v) is 10.4. The lowest BCUT2D eigenvalue weighted by atomic mass is 10.1. The molecule has 0 amide bonds. The Morgan fingerprint density at radius 2 is 1.59 bits per heavy atom. The molecule has 29 heavy (non-hydrogen) atoms. The third-order valence-corrected chi connectivity index (χ3v) is 5.27. The summed E-state index contributed by atoms with van der Waals surface area (Å²) in [5.41, 5.74) is 3.96. The summed E-state index contributed by atoms with van der Waals surface area (Å²) in [5.74, 6) is 1.15. The predicted molar refractivity (Wildman–Crippen MR) is 122 cm³/mol. The summed E-state index contributed by atoms with van der Waals surface area (Å²) in [6.07, 6.45) is 0. The van der Waals surface area contributed by atoms with Gasteiger partial charge in [-0.1, -0.05) is 53.0 Å². The molecule has 0 radical (unpaired) electrons. The highest BCUT2D eigenvalue weighted by Gasteiger charge is 2.13. The molecule has 0 spiro atoms. The Labute approximate surface area is 186 Å². The average molecular weight is 451 g/mol. The largest absolute Gasteiger partial charge is 0.490 e. The summed E-state index contributed by atoms with van der Waals surface area (Å²) in [5, 5.41) is 5.28. The fraction of sp³-hybridized carbons (Fsp3) is 0.217. The molecule has 3 nitrogen and oxygen atoms in total. The smallest absolute Gasteiger partial charge is 0.180 e. The van der Waals surface area contributed by atoms with Crippen LogP contribution >= 0.6 is 34.8 Å². The van der Waals surface area contributed by atoms with Crippen molar-refractivity contribution in [3.05, 3.63) is 86.4 Å². The monoisotopic (exact) mass is 449 g/mol. The number of halogens is 3. The normalized spacial score (nSPS) is 10.7. The molecule has 0 aliphatic heterocycles. The Morgan fingerprint density at radius 3 is 2.28 bits per heavy atom. The number of rotatable bonds is 8. The highest BCUT2D eigenvalue weighted by atomic mass is 35.5. The number of hydrogen-bond donors (Lipinski definition) is 1. The van der Waals surface area contributed by atoms with E-state index in [4.69, 9.17) is 44.3 Å². The maximum absolute atomic E-state index is 6.51. The molecule has 0 fully saturated rings. The molecule has 0 atom stereocenters. The number of nitrogens with one attached hydrogen (secondary N) is 1. The van der Waals surface area contributed by atoms with Gasteiger partial charge in [-0.15, -0.1) is 0 Å². The third-order valence-electron chi connectivity index (χ3n) is 4.33. The van der Waals surface area contributed by atoms with Crippen LogP contribution in [0.3, 0.4) is 0 Å². The highest BCUT2D eigenvalue weighted by molar-refractivity contribution is 6.32. The number of ether oxygens (including phenoxy) is 2. The van der Waals surface area contributed by atoms with Gasteiger partial charge in [0.2, 0.25) is 0 Å². The molecular formula is C23H22Cl3NO2. The topological polar surface area (TPSA) is 30.5 Å². The maximum Gasteiger partial charge on any atom is 0.180 e. The van der Waals surface area contributed by atoms with E-state index in [-0.39, 0.29) is 0 Å². The lowest BCUT2D eigenvalue weighted by Gasteiger charge is -2.16. The second kappa shape index (κ2) is 10.1. The summed E-state index contributed by atoms with van der Waals surface area (Å²) >= 11 is 18.6. The van der Waals surface area contributed by atoms with Crippen molar-refractivity contribution in [1.29, 1.82) is 0 Å². The van der Waals surface area contributed by atoms with Crippen LogP contribution in [0.15, 0.2) is 54.6 Å². The SMILES string of the molecule is CCOc1cc(CNc2ccc(C)c(Cl)c2)cc(Cl)c1OCc1ccc(Cl)cc1. The maximum atomic E-state index is 6.51. The van der Waals surface area contributed by atoms with Crippen molar-refractivity contribution >= 4 is 40.5 Å². The van der Waals surface area contributed by atoms with Gasteiger partial charge in [0.05, 0.1) is 11.6 Å². The molecule has 3 aromatic rings. The van der Waals surface area contributed by atoms with Crippen LogP contribution in [0, 0.1) is 6.92 Å². The zero-order valence-corrected chi connectivity index (χ0v) is 18.5. The third kappa shape index (κ3) is 5.96. The fourth-order valence-electron chi connectivity index (χ4n) is 2.77. The minimum absolute atomic E-state index is 0.371. The molecule has 0 heterocycles. The van der Waals surface area contributed by atoms with Crippen LogP contribution in [-0.4, -0.2) is 6.61 Å². The van der Waals surface area contributed by atoms with Crippen LogP contribution in [0.2, 0.25) is 15.1 Å². The molecule has 3 aromatic carbocycles. The van der Waals surface area contributed by atoms with Crippen molar-refractivity contribution in [2.45, 2.75) is 27.0 Å². The molecule has 0 saturated carbocycles. The molecule has 1 N–H and O–H groups in total. The first-order valence-electron chi connectivity index (χ1n) is 9.28. The molecule has 152 valence electrons. The van der Waals surface area contributed by atoms with E-state index in [1.54, 1.807) is 0 Å². The Bertz CT molecular complexity index is 975. The molecular weight excluding hydrogens is 429 g/mol. The molecule has 0 aliphatic rings. The molecule has 0 unspecified atom stereocenters. The van der Waals surface area contributed by atoms with E-state index >= 15 is 0 Å². The van der Waals surface area contributed by atoms with Gasteiger partial charge >= 0.3 is 0 Å². The molecule has 0 aliphatic carbocycles. The zero-order valence-electron chi connectivity index (χ0n) is 16.3. The van der Waals surface area contributed by atoms with Crippen LogP contribution in [0.4, 0.5) is 5.69 Å². The first-order chi connectivity index (χ1) is 14.0. The van der Waals surface area contributed by atoms with Crippen LogP contribution in [0.25, 0.3) is 0 Å². The van der Waals surface area contributed by atoms with Gasteiger partial charge in [-0.25, -0.2) is 0 Å². The Hall–Kier alpha value is -2.07. The van der Waals surface area contributed by atoms with Crippen molar-refractivity contribution in [3.63, 3.8) is 0 Å². The van der Waals surface area contributed by atoms with Gasteiger partial charge in [0, 0.05) is 22.3 Å². The molecule has 0 bridgehead atoms. The van der Waals surface area contributed by atoms with E-state index in [0.29, 0.717) is 41.3 Å². The second-order valence-electron chi connectivity index (χ2n) is 6.57. The van der Waals surface area contributed by atoms with Crippen molar-refractivity contribution in [2.75, 3.05) is 11.9 Å². The molecule has 6 heteroatoms. The average Bonchev–Trinajstić information content (AvgIpc) is 2.70. The van der Waals surface area contributed by atoms with Crippen LogP contribution in [-0.2, 0) is 13.2 Å². The van der Waals surface area contributed by atoms with Gasteiger partial charge in [-0.05, 0) is 66.9 Å². The minimum atomic E-state index is 0.371. The van der Waals surface area contributed by atoms with Crippen molar-refractivity contribution in [1.82, 2.24) is 0 Å². The van der Waals surface area contributed by atoms with E-state index < -0.39 is 0 Å². The van der Waals surface area contributed by atoms with Gasteiger partial charge in [-0.2, -0.15) is 0 Å². The zero-order chi connectivity index (χ0) is 20.8. The van der Waals surface area contributed by atoms with Gasteiger partial charge in [0.25, 0.3) is 0 Å². The fourth-order valence-corrected chi connectivity index (χ4v) is 3.36. The van der Waals surface area contributed by atoms with Gasteiger partial charge in [-0.3, -0.25) is 0 Å². The van der Waals surface area contributed by atoms with Crippen LogP contribution < -0.4 is 14.8 Å². The second-order valence-corrected chi connectivity index (χ2v) is 7.82. The number of aryl methyl sites for hydroxylation is 1. The van der Waals surface area contributed by atoms with Crippen molar-refractivity contribution < 1.29 is 9.47 Å². The van der Waals surface area contributed by atoms with Crippen molar-refractivity contribution in [2.24, 2.45) is 0 Å². The lowest BCUT2D eigenvalue weighted by molar-refractivity contribution is 0.269. The Morgan fingerprint density at radius 1 is 0.828 bits per heavy atom. The summed E-state index contributed by atoms with van der Waals surface area (Å²) in [6.45, 7) is 5.37. The van der Waals surface area contributed by atoms with E-state index in [0.717, 1.165) is 27.4 Å². The van der Waals surface area contributed by atoms with E-state index in [9.17, 15) is 0 Å². The van der Waals surface area contributed by atoms with Crippen LogP contribution in [0.1, 0.15) is 23.6 Å². The van der Waals surface area contributed by atoms with Gasteiger partial charge < -0.3 is 14.8 Å². The Kier molecular flexibility index (Phi) is 7.54. The van der Waals surface area contributed by atoms with E-state index in [2.05, 4.69) is 5.32 Å². The van der Waals surface area contributed by atoms with E-state index in [1.807, 2.05) is 68.4 Å². The number of hydrogen-bond acceptors (Lipinski definition) is 3. The number of anilines is 1. The first kappa shape index (κ1) is 21.6. The highest BCUT2D eigenvalue weighted by Crippen LogP contribution is 2.37. The molecule has 0 aromatic heterocycles. The quantitative estimate of drug-likeness (QED) is 0.384. The van der Waals surface area contributed by atoms with Crippen molar-refractivity contribution in [3.8, 4) is 11.5 Å². The molecule has 0 saturated heterocycles. The molecule has 3 rings (SSSR count). The predicted octanol–water partition coefficient (Wildman–Crippen LogP) is 7.55. The summed E-state index contributed by atoms with van der Waals surface area (Å²) < 4.78 is 11.7. The minimum Gasteiger partial charge on any atom is -0.490 e. The summed E-state index contributed by atoms with van der Waals surface area (Å²) in [7, 11) is 0. The summed E-state index contributed by atoms with van der Waals surface area (Å²) in [4.78, 5) is 0. The van der Waals surface area contributed by atoms with Gasteiger partial charge in [0.1, 0.15) is 6.61 Å². The van der Waals surface area contributed by atoms with Crippen LogP contribution in [0.5, 0.6) is 11.5 Å². The standard InChI is InChI=1S/C23H22Cl3NO2/c1-3-28-22-11-17(13-27-19-9-4-15(2)20(25)12-19)10-21(26)23(22)29-14-16-5-7-18(24)8-6-16/h4-12,27H,3,13-14H2,1-2H3. The lowest BCUT2D eigenvalue weighted by Crippen LogP contribution is -2.04. The van der Waals surface area contributed by atoms with E-state index in [1.165, 1.54) is 0 Å². The summed E-state index contributed by atoms with van der Waals surface area (Å²) in [6, 6.07) is 17.2. The number of benzene rings is 3. The Balaban J connectivity index is 1.74.